The molecule has 3 aromatic rings. The Bertz CT molecular complexity index is 1230. The van der Waals surface area contributed by atoms with Crippen molar-refractivity contribution in [2.24, 2.45) is 5.92 Å². The van der Waals surface area contributed by atoms with Crippen molar-refractivity contribution in [1.82, 2.24) is 4.72 Å². The van der Waals surface area contributed by atoms with Gasteiger partial charge < -0.3 is 19.3 Å². The summed E-state index contributed by atoms with van der Waals surface area (Å²) in [6, 6.07) is 18.0. The molecule has 35 heavy (non-hydrogen) atoms. The topological polar surface area (TPSA) is 111 Å². The smallest absolute Gasteiger partial charge is 0.322 e. The van der Waals surface area contributed by atoms with Crippen molar-refractivity contribution < 1.29 is 32.5 Å². The number of ether oxygens (including phenoxy) is 3. The second-order valence-corrected chi connectivity index (χ2v) is 9.95. The minimum atomic E-state index is -3.97. The average Bonchev–Trinajstić information content (AvgIpc) is 2.86. The van der Waals surface area contributed by atoms with Crippen LogP contribution in [-0.4, -0.2) is 39.8 Å². The lowest BCUT2D eigenvalue weighted by molar-refractivity contribution is -0.140. The largest absolute Gasteiger partial charge is 0.497 e. The molecule has 0 aromatic heterocycles. The zero-order valence-corrected chi connectivity index (χ0v) is 20.8. The van der Waals surface area contributed by atoms with E-state index >= 15 is 0 Å². The van der Waals surface area contributed by atoms with E-state index in [1.54, 1.807) is 46.3 Å². The minimum Gasteiger partial charge on any atom is -0.497 e. The molecule has 0 saturated heterocycles. The van der Waals surface area contributed by atoms with Crippen molar-refractivity contribution in [3.63, 3.8) is 0 Å². The second-order valence-electron chi connectivity index (χ2n) is 8.24. The summed E-state index contributed by atoms with van der Waals surface area (Å²) in [5.41, 5.74) is 2.59. The fraction of sp³-hybridized carbons (Fsp3) is 0.269. The maximum atomic E-state index is 12.6. The minimum absolute atomic E-state index is 0.00169. The first-order chi connectivity index (χ1) is 16.6. The van der Waals surface area contributed by atoms with E-state index in [9.17, 15) is 18.3 Å². The molecule has 3 aromatic carbocycles. The van der Waals surface area contributed by atoms with E-state index in [2.05, 4.69) is 4.72 Å². The van der Waals surface area contributed by atoms with Gasteiger partial charge in [-0.1, -0.05) is 38.1 Å². The molecular weight excluding hydrogens is 470 g/mol. The maximum Gasteiger partial charge on any atom is 0.322 e. The fourth-order valence-corrected chi connectivity index (χ4v) is 4.73. The number of benzene rings is 3. The van der Waals surface area contributed by atoms with Gasteiger partial charge in [-0.2, -0.15) is 4.72 Å². The Hall–Kier alpha value is -3.56. The van der Waals surface area contributed by atoms with Crippen LogP contribution in [-0.2, 0) is 21.4 Å². The van der Waals surface area contributed by atoms with Crippen LogP contribution in [0.15, 0.2) is 71.6 Å². The highest BCUT2D eigenvalue weighted by atomic mass is 32.2. The normalized spacial score (nSPS) is 12.3. The van der Waals surface area contributed by atoms with E-state index in [1.807, 2.05) is 36.4 Å². The van der Waals surface area contributed by atoms with E-state index in [0.29, 0.717) is 23.9 Å². The van der Waals surface area contributed by atoms with Gasteiger partial charge >= 0.3 is 5.97 Å². The number of methoxy groups -OCH3 is 2. The van der Waals surface area contributed by atoms with Crippen LogP contribution < -0.4 is 18.9 Å². The summed E-state index contributed by atoms with van der Waals surface area (Å²) in [6.07, 6.45) is 0. The van der Waals surface area contributed by atoms with E-state index in [1.165, 1.54) is 12.1 Å². The van der Waals surface area contributed by atoms with Crippen LogP contribution >= 0.6 is 0 Å². The second kappa shape index (κ2) is 11.2. The highest BCUT2D eigenvalue weighted by Crippen LogP contribution is 2.26. The van der Waals surface area contributed by atoms with Gasteiger partial charge in [-0.3, -0.25) is 4.79 Å². The standard InChI is InChI=1S/C26H29NO7S/c1-17(2)25(26(28)29)27-35(30,31)24-11-7-20(8-12-24)19-5-9-21(10-6-19)34-16-18-13-22(32-3)15-23(14-18)33-4/h5-15,17,25,27H,16H2,1-4H3,(H,28,29)/t25-/m1/s1. The third-order valence-electron chi connectivity index (χ3n) is 5.38. The molecule has 9 heteroatoms. The maximum absolute atomic E-state index is 12.6. The van der Waals surface area contributed by atoms with Crippen LogP contribution in [0, 0.1) is 5.92 Å². The van der Waals surface area contributed by atoms with Crippen molar-refractivity contribution in [2.45, 2.75) is 31.4 Å². The number of rotatable bonds is 11. The molecule has 0 aliphatic heterocycles. The molecular formula is C26H29NO7S. The van der Waals surface area contributed by atoms with Gasteiger partial charge in [0.2, 0.25) is 10.0 Å². The molecule has 0 heterocycles. The first kappa shape index (κ1) is 26.1. The predicted octanol–water partition coefficient (Wildman–Crippen LogP) is 4.34. The zero-order chi connectivity index (χ0) is 25.6. The molecule has 0 aliphatic carbocycles. The number of sulfonamides is 1. The molecule has 8 nitrogen and oxygen atoms in total. The van der Waals surface area contributed by atoms with Gasteiger partial charge in [0.05, 0.1) is 19.1 Å². The zero-order valence-electron chi connectivity index (χ0n) is 20.0. The number of aliphatic carboxylic acids is 1. The lowest BCUT2D eigenvalue weighted by Gasteiger charge is -2.18. The van der Waals surface area contributed by atoms with Gasteiger partial charge in [0, 0.05) is 6.07 Å². The van der Waals surface area contributed by atoms with Gasteiger partial charge in [-0.15, -0.1) is 0 Å². The number of hydrogen-bond acceptors (Lipinski definition) is 6. The number of carboxylic acids is 1. The number of hydrogen-bond donors (Lipinski definition) is 2. The predicted molar refractivity (Wildman–Crippen MR) is 132 cm³/mol. The van der Waals surface area contributed by atoms with Gasteiger partial charge in [0.25, 0.3) is 0 Å². The first-order valence-corrected chi connectivity index (χ1v) is 12.4. The number of carboxylic acid groups (broad SMARTS) is 1. The Balaban J connectivity index is 1.68. The van der Waals surface area contributed by atoms with Gasteiger partial charge in [0.15, 0.2) is 0 Å². The van der Waals surface area contributed by atoms with Crippen molar-refractivity contribution in [1.29, 1.82) is 0 Å². The van der Waals surface area contributed by atoms with Crippen molar-refractivity contribution in [3.05, 3.63) is 72.3 Å². The van der Waals surface area contributed by atoms with Crippen LogP contribution in [0.4, 0.5) is 0 Å². The first-order valence-electron chi connectivity index (χ1n) is 10.9. The van der Waals surface area contributed by atoms with Crippen LogP contribution in [0.2, 0.25) is 0 Å². The third kappa shape index (κ3) is 6.74. The molecule has 0 aliphatic rings. The quantitative estimate of drug-likeness (QED) is 0.404. The summed E-state index contributed by atoms with van der Waals surface area (Å²) in [5, 5.41) is 9.27. The Morgan fingerprint density at radius 3 is 1.83 bits per heavy atom. The molecule has 0 unspecified atom stereocenters. The molecule has 0 amide bonds. The van der Waals surface area contributed by atoms with Crippen LogP contribution in [0.3, 0.4) is 0 Å². The highest BCUT2D eigenvalue weighted by molar-refractivity contribution is 7.89. The Kier molecular flexibility index (Phi) is 8.37. The van der Waals surface area contributed by atoms with E-state index < -0.39 is 28.0 Å². The van der Waals surface area contributed by atoms with Gasteiger partial charge in [-0.25, -0.2) is 8.42 Å². The summed E-state index contributed by atoms with van der Waals surface area (Å²) in [4.78, 5) is 11.4. The van der Waals surface area contributed by atoms with E-state index in [-0.39, 0.29) is 4.90 Å². The van der Waals surface area contributed by atoms with Crippen molar-refractivity contribution in [3.8, 4) is 28.4 Å². The summed E-state index contributed by atoms with van der Waals surface area (Å²) < 4.78 is 43.9. The monoisotopic (exact) mass is 499 g/mol. The number of nitrogens with one attached hydrogen (secondary N) is 1. The average molecular weight is 500 g/mol. The molecule has 0 saturated carbocycles. The van der Waals surface area contributed by atoms with Crippen LogP contribution in [0.1, 0.15) is 19.4 Å². The van der Waals surface area contributed by atoms with E-state index in [0.717, 1.165) is 16.7 Å². The number of carbonyl (C=O) groups is 1. The summed E-state index contributed by atoms with van der Waals surface area (Å²) in [6.45, 7) is 3.62. The van der Waals surface area contributed by atoms with Gasteiger partial charge in [0.1, 0.15) is 29.9 Å². The summed E-state index contributed by atoms with van der Waals surface area (Å²) in [5.74, 6) is 0.428. The van der Waals surface area contributed by atoms with Crippen molar-refractivity contribution in [2.75, 3.05) is 14.2 Å². The van der Waals surface area contributed by atoms with Crippen LogP contribution in [0.25, 0.3) is 11.1 Å². The molecule has 3 rings (SSSR count). The third-order valence-corrected chi connectivity index (χ3v) is 6.84. The molecule has 0 fully saturated rings. The molecule has 186 valence electrons. The molecule has 2 N–H and O–H groups in total. The highest BCUT2D eigenvalue weighted by Gasteiger charge is 2.27. The Labute approximate surface area is 205 Å². The molecule has 0 spiro atoms. The molecule has 1 atom stereocenters. The SMILES string of the molecule is COc1cc(COc2ccc(-c3ccc(S(=O)(=O)N[C@@H](C(=O)O)C(C)C)cc3)cc2)cc(OC)c1. The Morgan fingerprint density at radius 1 is 0.857 bits per heavy atom. The van der Waals surface area contributed by atoms with Gasteiger partial charge in [-0.05, 0) is 59.0 Å². The summed E-state index contributed by atoms with van der Waals surface area (Å²) >= 11 is 0. The Morgan fingerprint density at radius 2 is 1.37 bits per heavy atom. The summed E-state index contributed by atoms with van der Waals surface area (Å²) in [7, 11) is -0.783. The lowest BCUT2D eigenvalue weighted by atomic mass is 10.1. The van der Waals surface area contributed by atoms with E-state index in [4.69, 9.17) is 14.2 Å². The lowest BCUT2D eigenvalue weighted by Crippen LogP contribution is -2.44. The fourth-order valence-electron chi connectivity index (χ4n) is 3.39. The van der Waals surface area contributed by atoms with Crippen LogP contribution in [0.5, 0.6) is 17.2 Å². The van der Waals surface area contributed by atoms with Crippen molar-refractivity contribution >= 4 is 16.0 Å². The molecule has 0 radical (unpaired) electrons. The molecule has 0 bridgehead atoms.